The van der Waals surface area contributed by atoms with Gasteiger partial charge >= 0.3 is 12.0 Å². The van der Waals surface area contributed by atoms with Crippen LogP contribution in [0, 0.1) is 0 Å². The first-order valence-electron chi connectivity index (χ1n) is 12.8. The molecule has 0 spiro atoms. The first-order chi connectivity index (χ1) is 19.3. The van der Waals surface area contributed by atoms with Crippen molar-refractivity contribution < 1.29 is 33.4 Å². The second-order valence-corrected chi connectivity index (χ2v) is 9.01. The minimum absolute atomic E-state index is 0.232. The molecule has 4 amide bonds. The Hall–Kier alpha value is -4.86. The number of nitrogens with one attached hydrogen (secondary N) is 1. The van der Waals surface area contributed by atoms with Gasteiger partial charge in [-0.1, -0.05) is 12.1 Å². The minimum atomic E-state index is -0.994. The number of hydrogen-bond donors (Lipinski definition) is 1. The van der Waals surface area contributed by atoms with Gasteiger partial charge in [0, 0.05) is 12.2 Å². The molecule has 0 radical (unpaired) electrons. The zero-order valence-corrected chi connectivity index (χ0v) is 22.6. The molecule has 1 aliphatic rings. The largest absolute Gasteiger partial charge is 0.497 e. The van der Waals surface area contributed by atoms with Crippen molar-refractivity contribution in [2.45, 2.75) is 25.8 Å². The highest BCUT2D eigenvalue weighted by Gasteiger charge is 2.46. The highest BCUT2D eigenvalue weighted by molar-refractivity contribution is 6.22. The lowest BCUT2D eigenvalue weighted by molar-refractivity contribution is -0.124. The fraction of sp³-hybridized carbons (Fsp3) is 0.267. The molecule has 0 aromatic heterocycles. The van der Waals surface area contributed by atoms with Gasteiger partial charge in [0.1, 0.15) is 17.5 Å². The first kappa shape index (κ1) is 28.2. The van der Waals surface area contributed by atoms with E-state index in [-0.39, 0.29) is 19.6 Å². The third-order valence-corrected chi connectivity index (χ3v) is 6.51. The van der Waals surface area contributed by atoms with Crippen molar-refractivity contribution in [3.63, 3.8) is 0 Å². The topological polar surface area (TPSA) is 114 Å². The maximum Gasteiger partial charge on any atom is 0.338 e. The molecular weight excluding hydrogens is 514 g/mol. The average Bonchev–Trinajstić information content (AvgIpc) is 3.20. The molecule has 0 bridgehead atoms. The van der Waals surface area contributed by atoms with E-state index in [1.54, 1.807) is 62.6 Å². The van der Waals surface area contributed by atoms with Gasteiger partial charge in [-0.05, 0) is 79.6 Å². The number of rotatable bonds is 11. The Balaban J connectivity index is 1.51. The van der Waals surface area contributed by atoms with Crippen molar-refractivity contribution >= 4 is 35.2 Å². The molecular formula is C30H31N3O7. The van der Waals surface area contributed by atoms with Gasteiger partial charge in [-0.15, -0.1) is 0 Å². The number of esters is 1. The van der Waals surface area contributed by atoms with Crippen LogP contribution in [0.5, 0.6) is 11.5 Å². The summed E-state index contributed by atoms with van der Waals surface area (Å²) in [6.07, 6.45) is 0.242. The molecule has 10 heteroatoms. The van der Waals surface area contributed by atoms with Gasteiger partial charge < -0.3 is 24.4 Å². The summed E-state index contributed by atoms with van der Waals surface area (Å²) in [7, 11) is 3.11. The van der Waals surface area contributed by atoms with Crippen LogP contribution in [0.1, 0.15) is 29.3 Å². The standard InChI is InChI=1S/C30H31N3O7/c1-4-40-29(36)21-7-9-22(10-8-21)31-27(34)19-26-28(35)33(23-11-15-25(39-3)16-12-23)30(37)32(26)18-17-20-5-13-24(38-2)14-6-20/h5-16,26H,4,17-19H2,1-3H3,(H,31,34)/t26-/m0/s1. The molecule has 1 heterocycles. The van der Waals surface area contributed by atoms with E-state index in [2.05, 4.69) is 5.32 Å². The lowest BCUT2D eigenvalue weighted by Crippen LogP contribution is -2.39. The zero-order valence-electron chi connectivity index (χ0n) is 22.6. The van der Waals surface area contributed by atoms with Crippen molar-refractivity contribution in [1.29, 1.82) is 0 Å². The lowest BCUT2D eigenvalue weighted by atomic mass is 10.1. The van der Waals surface area contributed by atoms with Crippen molar-refractivity contribution in [3.05, 3.63) is 83.9 Å². The fourth-order valence-corrected chi connectivity index (χ4v) is 4.39. The quantitative estimate of drug-likeness (QED) is 0.282. The number of methoxy groups -OCH3 is 2. The smallest absolute Gasteiger partial charge is 0.338 e. The van der Waals surface area contributed by atoms with Crippen LogP contribution < -0.4 is 19.7 Å². The molecule has 0 aliphatic carbocycles. The Morgan fingerprint density at radius 2 is 1.45 bits per heavy atom. The fourth-order valence-electron chi connectivity index (χ4n) is 4.39. The van der Waals surface area contributed by atoms with Gasteiger partial charge in [0.05, 0.1) is 38.5 Å². The van der Waals surface area contributed by atoms with Gasteiger partial charge in [-0.2, -0.15) is 0 Å². The predicted molar refractivity (Wildman–Crippen MR) is 149 cm³/mol. The van der Waals surface area contributed by atoms with E-state index in [0.717, 1.165) is 10.5 Å². The Kier molecular flexibility index (Phi) is 9.00. The number of benzene rings is 3. The summed E-state index contributed by atoms with van der Waals surface area (Å²) in [5.41, 5.74) is 2.15. The number of urea groups is 1. The normalized spacial score (nSPS) is 14.7. The summed E-state index contributed by atoms with van der Waals surface area (Å²) >= 11 is 0. The molecule has 1 fully saturated rings. The number of hydrogen-bond acceptors (Lipinski definition) is 7. The van der Waals surface area contributed by atoms with Crippen LogP contribution in [-0.2, 0) is 20.7 Å². The number of nitrogens with zero attached hydrogens (tertiary/aromatic N) is 2. The van der Waals surface area contributed by atoms with E-state index in [1.807, 2.05) is 24.3 Å². The van der Waals surface area contributed by atoms with Gasteiger partial charge in [0.15, 0.2) is 0 Å². The SMILES string of the molecule is CCOC(=O)c1ccc(NC(=O)C[C@H]2C(=O)N(c3ccc(OC)cc3)C(=O)N2CCc2ccc(OC)cc2)cc1. The molecule has 1 saturated heterocycles. The number of carbonyl (C=O) groups excluding carboxylic acids is 4. The molecule has 208 valence electrons. The van der Waals surface area contributed by atoms with Crippen LogP contribution in [0.25, 0.3) is 0 Å². The molecule has 1 atom stereocenters. The number of ether oxygens (including phenoxy) is 3. The molecule has 3 aromatic carbocycles. The second-order valence-electron chi connectivity index (χ2n) is 9.01. The van der Waals surface area contributed by atoms with Gasteiger partial charge in [-0.25, -0.2) is 14.5 Å². The maximum atomic E-state index is 13.5. The summed E-state index contributed by atoms with van der Waals surface area (Å²) in [5, 5.41) is 2.75. The Labute approximate surface area is 232 Å². The Bertz CT molecular complexity index is 1360. The predicted octanol–water partition coefficient (Wildman–Crippen LogP) is 4.29. The third-order valence-electron chi connectivity index (χ3n) is 6.51. The molecule has 0 saturated carbocycles. The first-order valence-corrected chi connectivity index (χ1v) is 12.8. The summed E-state index contributed by atoms with van der Waals surface area (Å²) in [6.45, 7) is 2.21. The van der Waals surface area contributed by atoms with E-state index in [9.17, 15) is 19.2 Å². The molecule has 1 aliphatic heterocycles. The summed E-state index contributed by atoms with van der Waals surface area (Å²) in [5.74, 6) is -0.0869. The van der Waals surface area contributed by atoms with Crippen LogP contribution in [0.15, 0.2) is 72.8 Å². The molecule has 10 nitrogen and oxygen atoms in total. The number of carbonyl (C=O) groups is 4. The summed E-state index contributed by atoms with van der Waals surface area (Å²) < 4.78 is 15.4. The van der Waals surface area contributed by atoms with E-state index >= 15 is 0 Å². The Morgan fingerprint density at radius 1 is 0.850 bits per heavy atom. The average molecular weight is 546 g/mol. The molecule has 1 N–H and O–H groups in total. The van der Waals surface area contributed by atoms with Crippen LogP contribution in [-0.4, -0.2) is 62.1 Å². The Morgan fingerprint density at radius 3 is 2.02 bits per heavy atom. The van der Waals surface area contributed by atoms with E-state index < -0.39 is 29.9 Å². The van der Waals surface area contributed by atoms with Gasteiger partial charge in [0.25, 0.3) is 5.91 Å². The van der Waals surface area contributed by atoms with Gasteiger partial charge in [0.2, 0.25) is 5.91 Å². The second kappa shape index (κ2) is 12.8. The summed E-state index contributed by atoms with van der Waals surface area (Å²) in [4.78, 5) is 54.5. The third kappa shape index (κ3) is 6.40. The summed E-state index contributed by atoms with van der Waals surface area (Å²) in [6, 6.07) is 18.8. The monoisotopic (exact) mass is 545 g/mol. The molecule has 40 heavy (non-hydrogen) atoms. The maximum absolute atomic E-state index is 13.5. The van der Waals surface area contributed by atoms with Crippen LogP contribution >= 0.6 is 0 Å². The van der Waals surface area contributed by atoms with Gasteiger partial charge in [-0.3, -0.25) is 9.59 Å². The van der Waals surface area contributed by atoms with E-state index in [4.69, 9.17) is 14.2 Å². The highest BCUT2D eigenvalue weighted by Crippen LogP contribution is 2.29. The van der Waals surface area contributed by atoms with Crippen LogP contribution in [0.2, 0.25) is 0 Å². The van der Waals surface area contributed by atoms with Crippen molar-refractivity contribution in [2.75, 3.05) is 37.6 Å². The van der Waals surface area contributed by atoms with E-state index in [0.29, 0.717) is 34.9 Å². The van der Waals surface area contributed by atoms with Crippen molar-refractivity contribution in [1.82, 2.24) is 4.90 Å². The highest BCUT2D eigenvalue weighted by atomic mass is 16.5. The number of amides is 4. The minimum Gasteiger partial charge on any atom is -0.497 e. The van der Waals surface area contributed by atoms with E-state index in [1.165, 1.54) is 12.0 Å². The molecule has 0 unspecified atom stereocenters. The van der Waals surface area contributed by atoms with Crippen LogP contribution in [0.4, 0.5) is 16.2 Å². The van der Waals surface area contributed by atoms with Crippen molar-refractivity contribution in [2.24, 2.45) is 0 Å². The van der Waals surface area contributed by atoms with Crippen molar-refractivity contribution in [3.8, 4) is 11.5 Å². The number of imide groups is 1. The van der Waals surface area contributed by atoms with Crippen LogP contribution in [0.3, 0.4) is 0 Å². The zero-order chi connectivity index (χ0) is 28.6. The molecule has 4 rings (SSSR count). The molecule has 3 aromatic rings. The number of anilines is 2. The lowest BCUT2D eigenvalue weighted by Gasteiger charge is -2.21.